The van der Waals surface area contributed by atoms with Crippen molar-refractivity contribution in [2.24, 2.45) is 0 Å². The van der Waals surface area contributed by atoms with Crippen molar-refractivity contribution in [2.45, 2.75) is 33.4 Å². The summed E-state index contributed by atoms with van der Waals surface area (Å²) in [7, 11) is 0. The Bertz CT molecular complexity index is 960. The molecule has 0 unspecified atom stereocenters. The standard InChI is InChI=1S/C19H21IN6O2/c1-3-25-12-16(18(24-25)19(28)21-14-7-5-4-6-8-14)22-17(27)9-10-26-11-15(20)13(2)23-26/h4-8,11-12H,3,9-10H2,1-2H3,(H,21,28)(H,22,27). The van der Waals surface area contributed by atoms with Crippen molar-refractivity contribution in [2.75, 3.05) is 10.6 Å². The number of rotatable bonds is 7. The summed E-state index contributed by atoms with van der Waals surface area (Å²) in [5, 5.41) is 14.2. The molecule has 8 nitrogen and oxygen atoms in total. The SMILES string of the molecule is CCn1cc(NC(=O)CCn2cc(I)c(C)n2)c(C(=O)Nc2ccccc2)n1. The second kappa shape index (κ2) is 9.00. The van der Waals surface area contributed by atoms with Crippen LogP contribution in [0.5, 0.6) is 0 Å². The van der Waals surface area contributed by atoms with Gasteiger partial charge in [-0.3, -0.25) is 19.0 Å². The summed E-state index contributed by atoms with van der Waals surface area (Å²) in [6.07, 6.45) is 3.81. The van der Waals surface area contributed by atoms with Crippen LogP contribution in [0.25, 0.3) is 0 Å². The highest BCUT2D eigenvalue weighted by molar-refractivity contribution is 14.1. The lowest BCUT2D eigenvalue weighted by Crippen LogP contribution is -2.19. The Labute approximate surface area is 176 Å². The molecule has 2 aromatic heterocycles. The van der Waals surface area contributed by atoms with E-state index in [1.165, 1.54) is 0 Å². The minimum atomic E-state index is -0.369. The van der Waals surface area contributed by atoms with Gasteiger partial charge in [-0.25, -0.2) is 0 Å². The largest absolute Gasteiger partial charge is 0.323 e. The Morgan fingerprint density at radius 1 is 1.07 bits per heavy atom. The Balaban J connectivity index is 1.67. The summed E-state index contributed by atoms with van der Waals surface area (Å²) in [4.78, 5) is 25.0. The first-order chi connectivity index (χ1) is 13.5. The Morgan fingerprint density at radius 3 is 2.46 bits per heavy atom. The second-order valence-electron chi connectivity index (χ2n) is 6.19. The number of amides is 2. The normalized spacial score (nSPS) is 10.7. The third kappa shape index (κ3) is 4.97. The zero-order valence-electron chi connectivity index (χ0n) is 15.6. The van der Waals surface area contributed by atoms with E-state index in [1.54, 1.807) is 27.7 Å². The number of hydrogen-bond donors (Lipinski definition) is 2. The number of aromatic nitrogens is 4. The predicted octanol–water partition coefficient (Wildman–Crippen LogP) is 3.29. The number of aryl methyl sites for hydroxylation is 3. The molecule has 0 saturated heterocycles. The highest BCUT2D eigenvalue weighted by Crippen LogP contribution is 2.17. The van der Waals surface area contributed by atoms with E-state index in [9.17, 15) is 9.59 Å². The molecular formula is C19H21IN6O2. The molecule has 3 aromatic rings. The molecule has 0 radical (unpaired) electrons. The van der Waals surface area contributed by atoms with Crippen molar-refractivity contribution in [3.05, 3.63) is 57.7 Å². The van der Waals surface area contributed by atoms with Crippen LogP contribution in [0.4, 0.5) is 11.4 Å². The summed E-state index contributed by atoms with van der Waals surface area (Å²) in [5.74, 6) is -0.571. The van der Waals surface area contributed by atoms with Gasteiger partial charge in [-0.05, 0) is 48.6 Å². The number of benzene rings is 1. The summed E-state index contributed by atoms with van der Waals surface area (Å²) in [6.45, 7) is 4.89. The average molecular weight is 492 g/mol. The highest BCUT2D eigenvalue weighted by atomic mass is 127. The van der Waals surface area contributed by atoms with Crippen LogP contribution in [0.3, 0.4) is 0 Å². The number of hydrogen-bond acceptors (Lipinski definition) is 4. The number of halogens is 1. The molecule has 9 heteroatoms. The highest BCUT2D eigenvalue weighted by Gasteiger charge is 2.19. The van der Waals surface area contributed by atoms with Gasteiger partial charge >= 0.3 is 0 Å². The summed E-state index contributed by atoms with van der Waals surface area (Å²) >= 11 is 2.21. The van der Waals surface area contributed by atoms with Gasteiger partial charge in [-0.15, -0.1) is 0 Å². The van der Waals surface area contributed by atoms with Crippen LogP contribution in [0.15, 0.2) is 42.7 Å². The van der Waals surface area contributed by atoms with Gasteiger partial charge in [0.2, 0.25) is 5.91 Å². The monoisotopic (exact) mass is 492 g/mol. The predicted molar refractivity (Wildman–Crippen MR) is 115 cm³/mol. The lowest BCUT2D eigenvalue weighted by molar-refractivity contribution is -0.116. The van der Waals surface area contributed by atoms with Crippen molar-refractivity contribution < 1.29 is 9.59 Å². The van der Waals surface area contributed by atoms with Gasteiger partial charge in [0.15, 0.2) is 5.69 Å². The first kappa shape index (κ1) is 20.1. The fraction of sp³-hybridized carbons (Fsp3) is 0.263. The Kier molecular flexibility index (Phi) is 6.45. The smallest absolute Gasteiger partial charge is 0.278 e. The van der Waals surface area contributed by atoms with Crippen LogP contribution in [0.1, 0.15) is 29.5 Å². The fourth-order valence-electron chi connectivity index (χ4n) is 2.59. The third-order valence-electron chi connectivity index (χ3n) is 4.06. The maximum Gasteiger partial charge on any atom is 0.278 e. The first-order valence-corrected chi connectivity index (χ1v) is 9.97. The molecule has 1 aromatic carbocycles. The third-order valence-corrected chi connectivity index (χ3v) is 5.12. The maximum absolute atomic E-state index is 12.6. The van der Waals surface area contributed by atoms with Crippen LogP contribution in [0, 0.1) is 10.5 Å². The molecular weight excluding hydrogens is 471 g/mol. The summed E-state index contributed by atoms with van der Waals surface area (Å²) < 4.78 is 4.42. The van der Waals surface area contributed by atoms with E-state index in [0.717, 1.165) is 9.26 Å². The zero-order chi connectivity index (χ0) is 20.1. The van der Waals surface area contributed by atoms with E-state index in [0.29, 0.717) is 24.5 Å². The molecule has 2 amide bonds. The van der Waals surface area contributed by atoms with Gasteiger partial charge in [-0.1, -0.05) is 18.2 Å². The minimum absolute atomic E-state index is 0.184. The zero-order valence-corrected chi connectivity index (χ0v) is 17.8. The van der Waals surface area contributed by atoms with Crippen molar-refractivity contribution in [1.82, 2.24) is 19.6 Å². The summed E-state index contributed by atoms with van der Waals surface area (Å²) in [5.41, 5.74) is 2.18. The van der Waals surface area contributed by atoms with Crippen molar-refractivity contribution in [3.8, 4) is 0 Å². The van der Waals surface area contributed by atoms with Crippen LogP contribution in [-0.2, 0) is 17.9 Å². The van der Waals surface area contributed by atoms with Gasteiger partial charge in [0.05, 0.1) is 15.0 Å². The molecule has 2 N–H and O–H groups in total. The van der Waals surface area contributed by atoms with Crippen LogP contribution in [-0.4, -0.2) is 31.4 Å². The van der Waals surface area contributed by atoms with E-state index in [2.05, 4.69) is 43.4 Å². The molecule has 146 valence electrons. The second-order valence-corrected chi connectivity index (χ2v) is 7.35. The van der Waals surface area contributed by atoms with Gasteiger partial charge in [-0.2, -0.15) is 10.2 Å². The van der Waals surface area contributed by atoms with E-state index in [4.69, 9.17) is 0 Å². The van der Waals surface area contributed by atoms with Crippen LogP contribution < -0.4 is 10.6 Å². The molecule has 0 aliphatic heterocycles. The number of carbonyl (C=O) groups excluding carboxylic acids is 2. The molecule has 0 fully saturated rings. The minimum Gasteiger partial charge on any atom is -0.323 e. The fourth-order valence-corrected chi connectivity index (χ4v) is 3.02. The van der Waals surface area contributed by atoms with E-state index in [-0.39, 0.29) is 23.9 Å². The number of nitrogens with zero attached hydrogens (tertiary/aromatic N) is 4. The Hall–Kier alpha value is -2.69. The molecule has 0 aliphatic rings. The van der Waals surface area contributed by atoms with Crippen molar-refractivity contribution in [3.63, 3.8) is 0 Å². The van der Waals surface area contributed by atoms with E-state index in [1.807, 2.05) is 38.2 Å². The number of carbonyl (C=O) groups is 2. The maximum atomic E-state index is 12.6. The molecule has 0 bridgehead atoms. The molecule has 2 heterocycles. The van der Waals surface area contributed by atoms with Gasteiger partial charge in [0.1, 0.15) is 0 Å². The first-order valence-electron chi connectivity index (χ1n) is 8.89. The van der Waals surface area contributed by atoms with Crippen LogP contribution in [0.2, 0.25) is 0 Å². The molecule has 28 heavy (non-hydrogen) atoms. The number of para-hydroxylation sites is 1. The Morgan fingerprint density at radius 2 is 1.82 bits per heavy atom. The summed E-state index contributed by atoms with van der Waals surface area (Å²) in [6, 6.07) is 9.12. The van der Waals surface area contributed by atoms with Crippen molar-refractivity contribution in [1.29, 1.82) is 0 Å². The molecule has 0 aliphatic carbocycles. The number of nitrogens with one attached hydrogen (secondary N) is 2. The molecule has 0 saturated carbocycles. The van der Waals surface area contributed by atoms with E-state index < -0.39 is 0 Å². The lowest BCUT2D eigenvalue weighted by Gasteiger charge is -2.07. The average Bonchev–Trinajstić information content (AvgIpc) is 3.23. The molecule has 3 rings (SSSR count). The molecule has 0 spiro atoms. The van der Waals surface area contributed by atoms with Crippen LogP contribution >= 0.6 is 22.6 Å². The molecule has 0 atom stereocenters. The van der Waals surface area contributed by atoms with Gasteiger partial charge in [0.25, 0.3) is 5.91 Å². The number of anilines is 2. The van der Waals surface area contributed by atoms with E-state index >= 15 is 0 Å². The quantitative estimate of drug-likeness (QED) is 0.495. The topological polar surface area (TPSA) is 93.8 Å². The lowest BCUT2D eigenvalue weighted by atomic mass is 10.3. The van der Waals surface area contributed by atoms with Crippen molar-refractivity contribution >= 4 is 45.8 Å². The van der Waals surface area contributed by atoms with Gasteiger partial charge in [0, 0.05) is 37.6 Å². The van der Waals surface area contributed by atoms with Gasteiger partial charge < -0.3 is 10.6 Å².